The predicted octanol–water partition coefficient (Wildman–Crippen LogP) is 1.25. The van der Waals surface area contributed by atoms with E-state index in [0.29, 0.717) is 11.5 Å². The number of aromatic nitrogens is 2. The fraction of sp³-hybridized carbons (Fsp3) is 0. The van der Waals surface area contributed by atoms with Gasteiger partial charge in [0.1, 0.15) is 0 Å². The molecule has 0 spiro atoms. The Morgan fingerprint density at radius 2 is 2.06 bits per heavy atom. The molecule has 16 heavy (non-hydrogen) atoms. The van der Waals surface area contributed by atoms with Crippen LogP contribution in [0.2, 0.25) is 0 Å². The van der Waals surface area contributed by atoms with Gasteiger partial charge in [-0.3, -0.25) is 5.41 Å². The first-order valence-corrected chi connectivity index (χ1v) is 4.66. The Morgan fingerprint density at radius 1 is 1.31 bits per heavy atom. The van der Waals surface area contributed by atoms with Crippen LogP contribution < -0.4 is 11.1 Å². The lowest BCUT2D eigenvalue weighted by Gasteiger charge is -2.08. The second-order valence-corrected chi connectivity index (χ2v) is 3.07. The molecule has 2 rings (SSSR count). The molecule has 79 valence electrons. The molecule has 0 bridgehead atoms. The van der Waals surface area contributed by atoms with Crippen LogP contribution in [0.1, 0.15) is 0 Å². The van der Waals surface area contributed by atoms with E-state index in [1.807, 2.05) is 12.1 Å². The number of guanidine groups is 1. The maximum atomic E-state index is 7.20. The average Bonchev–Trinajstić information content (AvgIpc) is 2.30. The van der Waals surface area contributed by atoms with Crippen LogP contribution in [-0.4, -0.2) is 15.9 Å². The van der Waals surface area contributed by atoms with E-state index in [9.17, 15) is 0 Å². The number of benzene rings is 1. The van der Waals surface area contributed by atoms with Gasteiger partial charge in [-0.2, -0.15) is 0 Å². The third-order valence-corrected chi connectivity index (χ3v) is 1.92. The Hall–Kier alpha value is -2.43. The Kier molecular flexibility index (Phi) is 2.77. The minimum absolute atomic E-state index is 0.139. The molecule has 1 heterocycles. The maximum absolute atomic E-state index is 7.20. The van der Waals surface area contributed by atoms with Crippen molar-refractivity contribution >= 4 is 11.6 Å². The number of nitrogens with two attached hydrogens (primary N) is 1. The van der Waals surface area contributed by atoms with Gasteiger partial charge in [-0.1, -0.05) is 12.1 Å². The molecule has 0 fully saturated rings. The highest BCUT2D eigenvalue weighted by atomic mass is 15.0. The number of hydrogen-bond donors (Lipinski definition) is 3. The molecule has 0 saturated carbocycles. The normalized spacial score (nSPS) is 9.75. The SMILES string of the molecule is N=C(N)Nc1[c]cccc1-c1ncccn1. The largest absolute Gasteiger partial charge is 0.370 e. The second-order valence-electron chi connectivity index (χ2n) is 3.07. The lowest BCUT2D eigenvalue weighted by molar-refractivity contribution is 1.18. The third-order valence-electron chi connectivity index (χ3n) is 1.92. The quantitative estimate of drug-likeness (QED) is 0.516. The lowest BCUT2D eigenvalue weighted by atomic mass is 10.1. The average molecular weight is 212 g/mol. The Balaban J connectivity index is 2.44. The number of para-hydroxylation sites is 1. The molecule has 0 saturated heterocycles. The van der Waals surface area contributed by atoms with Gasteiger partial charge >= 0.3 is 0 Å². The fourth-order valence-electron chi connectivity index (χ4n) is 1.30. The highest BCUT2D eigenvalue weighted by Gasteiger charge is 2.06. The van der Waals surface area contributed by atoms with E-state index >= 15 is 0 Å². The minimum Gasteiger partial charge on any atom is -0.370 e. The highest BCUT2D eigenvalue weighted by molar-refractivity contribution is 5.93. The van der Waals surface area contributed by atoms with E-state index in [1.165, 1.54) is 0 Å². The summed E-state index contributed by atoms with van der Waals surface area (Å²) in [4.78, 5) is 8.27. The number of nitrogens with one attached hydrogen (secondary N) is 2. The minimum atomic E-state index is -0.139. The van der Waals surface area contributed by atoms with Gasteiger partial charge < -0.3 is 11.1 Å². The summed E-state index contributed by atoms with van der Waals surface area (Å²) in [6.45, 7) is 0. The van der Waals surface area contributed by atoms with Crippen molar-refractivity contribution in [3.63, 3.8) is 0 Å². The molecule has 0 atom stereocenters. The zero-order valence-electron chi connectivity index (χ0n) is 8.44. The summed E-state index contributed by atoms with van der Waals surface area (Å²) in [5, 5.41) is 9.89. The smallest absolute Gasteiger partial charge is 0.190 e. The van der Waals surface area contributed by atoms with Crippen LogP contribution in [0.15, 0.2) is 36.7 Å². The molecular weight excluding hydrogens is 202 g/mol. The van der Waals surface area contributed by atoms with Crippen LogP contribution in [0.5, 0.6) is 0 Å². The predicted molar refractivity (Wildman–Crippen MR) is 61.8 cm³/mol. The van der Waals surface area contributed by atoms with E-state index in [0.717, 1.165) is 5.56 Å². The first kappa shape index (κ1) is 10.1. The van der Waals surface area contributed by atoms with Gasteiger partial charge in [0.15, 0.2) is 11.8 Å². The number of nitrogens with zero attached hydrogens (tertiary/aromatic N) is 2. The zero-order valence-corrected chi connectivity index (χ0v) is 8.44. The summed E-state index contributed by atoms with van der Waals surface area (Å²) in [7, 11) is 0. The van der Waals surface area contributed by atoms with Gasteiger partial charge in [0, 0.05) is 24.0 Å². The molecule has 1 aromatic heterocycles. The first-order valence-electron chi connectivity index (χ1n) is 4.66. The van der Waals surface area contributed by atoms with Crippen molar-refractivity contribution in [3.8, 4) is 11.4 Å². The number of hydrogen-bond acceptors (Lipinski definition) is 3. The molecule has 0 amide bonds. The summed E-state index contributed by atoms with van der Waals surface area (Å²) in [6.07, 6.45) is 3.32. The molecule has 1 aromatic carbocycles. The summed E-state index contributed by atoms with van der Waals surface area (Å²) < 4.78 is 0. The summed E-state index contributed by atoms with van der Waals surface area (Å²) in [5.74, 6) is 0.433. The Labute approximate surface area is 92.9 Å². The highest BCUT2D eigenvalue weighted by Crippen LogP contribution is 2.23. The molecule has 5 nitrogen and oxygen atoms in total. The van der Waals surface area contributed by atoms with Crippen molar-refractivity contribution < 1.29 is 0 Å². The van der Waals surface area contributed by atoms with Crippen molar-refractivity contribution in [2.45, 2.75) is 0 Å². The van der Waals surface area contributed by atoms with Crippen molar-refractivity contribution in [3.05, 3.63) is 42.7 Å². The topological polar surface area (TPSA) is 87.7 Å². The van der Waals surface area contributed by atoms with Gasteiger partial charge in [-0.25, -0.2) is 9.97 Å². The molecular formula is C11H10N5. The van der Waals surface area contributed by atoms with Crippen LogP contribution in [0.4, 0.5) is 5.69 Å². The number of anilines is 1. The van der Waals surface area contributed by atoms with Crippen LogP contribution in [-0.2, 0) is 0 Å². The van der Waals surface area contributed by atoms with E-state index < -0.39 is 0 Å². The molecule has 0 aliphatic heterocycles. The fourth-order valence-corrected chi connectivity index (χ4v) is 1.30. The van der Waals surface area contributed by atoms with Gasteiger partial charge in [-0.05, 0) is 12.1 Å². The Bertz CT molecular complexity index is 495. The monoisotopic (exact) mass is 212 g/mol. The number of rotatable bonds is 2. The van der Waals surface area contributed by atoms with Crippen LogP contribution in [0.25, 0.3) is 11.4 Å². The van der Waals surface area contributed by atoms with Gasteiger partial charge in [0.2, 0.25) is 0 Å². The van der Waals surface area contributed by atoms with Crippen LogP contribution in [0, 0.1) is 11.5 Å². The summed E-state index contributed by atoms with van der Waals surface area (Å²) in [6, 6.07) is 10.1. The zero-order chi connectivity index (χ0) is 11.4. The van der Waals surface area contributed by atoms with Gasteiger partial charge in [-0.15, -0.1) is 0 Å². The van der Waals surface area contributed by atoms with E-state index in [1.54, 1.807) is 24.5 Å². The Morgan fingerprint density at radius 3 is 2.75 bits per heavy atom. The van der Waals surface area contributed by atoms with Crippen LogP contribution >= 0.6 is 0 Å². The van der Waals surface area contributed by atoms with Crippen molar-refractivity contribution in [2.24, 2.45) is 5.73 Å². The van der Waals surface area contributed by atoms with Crippen molar-refractivity contribution in [2.75, 3.05) is 5.32 Å². The van der Waals surface area contributed by atoms with Gasteiger partial charge in [0.25, 0.3) is 0 Å². The lowest BCUT2D eigenvalue weighted by Crippen LogP contribution is -2.21. The molecule has 0 unspecified atom stereocenters. The molecule has 0 aliphatic rings. The molecule has 5 heteroatoms. The molecule has 1 radical (unpaired) electrons. The van der Waals surface area contributed by atoms with Crippen molar-refractivity contribution in [1.82, 2.24) is 9.97 Å². The third kappa shape index (κ3) is 2.14. The van der Waals surface area contributed by atoms with Gasteiger partial charge in [0.05, 0.1) is 5.69 Å². The summed E-state index contributed by atoms with van der Waals surface area (Å²) in [5.41, 5.74) is 6.64. The first-order chi connectivity index (χ1) is 7.77. The van der Waals surface area contributed by atoms with Crippen molar-refractivity contribution in [1.29, 1.82) is 5.41 Å². The summed E-state index contributed by atoms with van der Waals surface area (Å²) >= 11 is 0. The van der Waals surface area contributed by atoms with E-state index in [4.69, 9.17) is 11.1 Å². The maximum Gasteiger partial charge on any atom is 0.190 e. The standard InChI is InChI=1S/C11H10N5/c12-11(13)16-9-5-2-1-4-8(9)10-14-6-3-7-15-10/h1-4,6-7H,(H4,12,13,16). The second kappa shape index (κ2) is 4.39. The van der Waals surface area contributed by atoms with Crippen LogP contribution in [0.3, 0.4) is 0 Å². The molecule has 4 N–H and O–H groups in total. The van der Waals surface area contributed by atoms with E-state index in [2.05, 4.69) is 21.4 Å². The molecule has 2 aromatic rings. The molecule has 0 aliphatic carbocycles. The van der Waals surface area contributed by atoms with E-state index in [-0.39, 0.29) is 5.96 Å².